The van der Waals surface area contributed by atoms with Crippen LogP contribution in [0.4, 0.5) is 8.78 Å². The molecule has 0 fully saturated rings. The van der Waals surface area contributed by atoms with Gasteiger partial charge in [-0.15, -0.1) is 68.0 Å². The monoisotopic (exact) mass is 1950 g/mol. The van der Waals surface area contributed by atoms with E-state index in [1.807, 2.05) is 12.2 Å². The van der Waals surface area contributed by atoms with E-state index in [4.69, 9.17) is 68.3 Å². The van der Waals surface area contributed by atoms with Crippen LogP contribution in [0.5, 0.6) is 0 Å². The molecule has 131 heavy (non-hydrogen) atoms. The summed E-state index contributed by atoms with van der Waals surface area (Å²) in [4.78, 5) is 45.0. The topological polar surface area (TPSA) is 126 Å². The number of carbonyl (C=O) groups excluding carboxylic acids is 2. The standard InChI is InChI=1S/C108H112Cl4F2N8O2S7/c1-11-19-25-29-31-35-41-63(39-33-27-21-13-3)43-83-77(111)55-87(125-83)91-85(53-73-89(81(57-115)117-9)69-45-67-51-79(113)75(109)49-65(67)47-71(69)101(73)123)127-107-99-103(129-105(91)107)93-95-96(120-131-119-95)94-98(97(93)121(99)59-61(17-7)37-23-15-5)122(60-62(18-8)38-24-16-6)100-104(94)130-106-92(88-56-78(112)84(126-88)44-64(40-34-28-22-14-4)42-36-32-30-26-20-12-2)86(128-108(100)106)54-74-90(82(58-116)118-10)70-46-68-52-80(114)76(110)50-66(68)48-72(70)102(74)124/h45-56,61-64H,11-44,59-60H2,1-8H3/b73-53-,74-54-,89-81-,90-82+. The molecule has 2 aliphatic carbocycles. The molecule has 5 aromatic carbocycles. The minimum absolute atomic E-state index is 0.0821. The number of nitriles is 2. The number of carbonyl (C=O) groups is 2. The van der Waals surface area contributed by atoms with Crippen LogP contribution >= 0.6 is 126 Å². The lowest BCUT2D eigenvalue weighted by Gasteiger charge is -2.20. The van der Waals surface area contributed by atoms with E-state index in [1.54, 1.807) is 92.3 Å². The van der Waals surface area contributed by atoms with Crippen molar-refractivity contribution < 1.29 is 18.4 Å². The number of Topliss-reactive ketones (excluding diaryl/α,β-unsaturated/α-hetero) is 2. The molecule has 0 saturated heterocycles. The number of allylic oxidation sites excluding steroid dienone is 6. The number of unbranched alkanes of at least 4 members (excludes halogenated alkanes) is 18. The Morgan fingerprint density at radius 1 is 0.412 bits per heavy atom. The van der Waals surface area contributed by atoms with Crippen LogP contribution in [0.15, 0.2) is 83.2 Å². The molecule has 14 aromatic rings. The van der Waals surface area contributed by atoms with Gasteiger partial charge in [0.05, 0.1) is 107 Å². The number of benzene rings is 5. The average molecular weight is 1960 g/mol. The summed E-state index contributed by atoms with van der Waals surface area (Å²) in [7, 11) is 0. The summed E-state index contributed by atoms with van der Waals surface area (Å²) in [5, 5.41) is 27.4. The lowest BCUT2D eigenvalue weighted by atomic mass is 9.91. The molecule has 16 rings (SSSR count). The summed E-state index contributed by atoms with van der Waals surface area (Å²) in [6.07, 6.45) is 42.2. The first-order valence-electron chi connectivity index (χ1n) is 47.9. The van der Waals surface area contributed by atoms with E-state index < -0.39 is 11.6 Å². The largest absolute Gasteiger partial charge is 0.337 e. The van der Waals surface area contributed by atoms with E-state index in [9.17, 15) is 10.5 Å². The van der Waals surface area contributed by atoms with E-state index in [2.05, 4.69) is 98.5 Å². The maximum atomic E-state index is 15.8. The molecule has 23 heteroatoms. The quantitative estimate of drug-likeness (QED) is 0.0162. The third kappa shape index (κ3) is 19.3. The molecule has 0 saturated carbocycles. The Hall–Kier alpha value is -7.96. The predicted molar refractivity (Wildman–Crippen MR) is 562 cm³/mol. The van der Waals surface area contributed by atoms with Gasteiger partial charge in [-0.05, 0) is 155 Å². The zero-order valence-corrected chi connectivity index (χ0v) is 85.0. The van der Waals surface area contributed by atoms with Crippen LogP contribution in [0.25, 0.3) is 147 Å². The number of hydrogen-bond acceptors (Lipinski definition) is 13. The molecule has 0 radical (unpaired) electrons. The van der Waals surface area contributed by atoms with Crippen molar-refractivity contribution in [2.24, 2.45) is 23.7 Å². The third-order valence-corrected chi connectivity index (χ3v) is 36.9. The van der Waals surface area contributed by atoms with E-state index in [0.717, 1.165) is 228 Å². The first kappa shape index (κ1) is 96.2. The first-order valence-corrected chi connectivity index (χ1v) is 55.0. The lowest BCUT2D eigenvalue weighted by Crippen LogP contribution is -2.13. The maximum Gasteiger partial charge on any atom is 0.270 e. The molecule has 9 aromatic heterocycles. The highest BCUT2D eigenvalue weighted by Gasteiger charge is 2.40. The zero-order chi connectivity index (χ0) is 92.0. The second-order valence-corrected chi connectivity index (χ2v) is 45.0. The molecular formula is C108H112Cl4F2N8O2S7. The SMILES string of the molecule is [C-]#[N+]/C(C#N)=C1\C(=C\c2sc3c(sc4c5c6nsnc6c6c7sc8c(-c9cc(Cl)c(CC(CCCCCC)CCCCCCCC)s9)c(/C=C9\C(=O)c%10cc%11cc(Cl)c(F)cc%11cc%10\C9=C(\C#N)[N+]#[C-])sc8c7n(CC(CC)CCCC)c6c5n(CC(CC)CCCC)c34)c2-c2cc(Cl)c(CC(CCCCCC)CCCCCCCC)s2)C(=O)c2cc3cc(Cl)c(F)cc3cc21. The highest BCUT2D eigenvalue weighted by Crippen LogP contribution is 2.60. The Morgan fingerprint density at radius 2 is 0.756 bits per heavy atom. The van der Waals surface area contributed by atoms with Crippen LogP contribution < -0.4 is 0 Å². The van der Waals surface area contributed by atoms with Crippen molar-refractivity contribution in [3.05, 3.63) is 180 Å². The second-order valence-electron chi connectivity index (χ2n) is 36.4. The number of hydrogen-bond donors (Lipinski definition) is 0. The molecule has 4 atom stereocenters. The van der Waals surface area contributed by atoms with Gasteiger partial charge >= 0.3 is 0 Å². The molecule has 0 N–H and O–H groups in total. The summed E-state index contributed by atoms with van der Waals surface area (Å²) in [6.45, 7) is 36.7. The molecule has 10 nitrogen and oxygen atoms in total. The molecule has 9 heterocycles. The number of nitrogens with zero attached hydrogens (tertiary/aromatic N) is 8. The van der Waals surface area contributed by atoms with Crippen LogP contribution in [-0.2, 0) is 25.9 Å². The van der Waals surface area contributed by atoms with E-state index in [0.29, 0.717) is 78.8 Å². The van der Waals surface area contributed by atoms with Gasteiger partial charge in [0.1, 0.15) is 22.7 Å². The highest BCUT2D eigenvalue weighted by molar-refractivity contribution is 7.36. The number of aromatic nitrogens is 4. The number of thiophene rings is 6. The Morgan fingerprint density at radius 3 is 1.11 bits per heavy atom. The van der Waals surface area contributed by atoms with Crippen molar-refractivity contribution in [2.45, 2.75) is 287 Å². The van der Waals surface area contributed by atoms with Gasteiger partial charge in [-0.2, -0.15) is 8.75 Å². The summed E-state index contributed by atoms with van der Waals surface area (Å²) in [5.74, 6) is -0.579. The van der Waals surface area contributed by atoms with Crippen LogP contribution in [0, 0.1) is 71.1 Å². The van der Waals surface area contributed by atoms with Crippen LogP contribution in [0.1, 0.15) is 312 Å². The second kappa shape index (κ2) is 43.4. The van der Waals surface area contributed by atoms with Gasteiger partial charge < -0.3 is 9.13 Å². The number of ketones is 2. The van der Waals surface area contributed by atoms with Gasteiger partial charge in [-0.1, -0.05) is 294 Å². The Bertz CT molecular complexity index is 6610. The molecule has 680 valence electrons. The number of rotatable bonds is 44. The molecule has 0 amide bonds. The van der Waals surface area contributed by atoms with Gasteiger partial charge in [0.2, 0.25) is 0 Å². The van der Waals surface area contributed by atoms with E-state index in [-0.39, 0.29) is 67.1 Å². The van der Waals surface area contributed by atoms with Crippen molar-refractivity contribution in [3.8, 4) is 33.0 Å². The predicted octanol–water partition coefficient (Wildman–Crippen LogP) is 38.2. The van der Waals surface area contributed by atoms with Gasteiger partial charge in [0.15, 0.2) is 11.6 Å². The summed E-state index contributed by atoms with van der Waals surface area (Å²) in [6, 6.07) is 21.2. The van der Waals surface area contributed by atoms with Gasteiger partial charge in [0.25, 0.3) is 11.4 Å². The van der Waals surface area contributed by atoms with Crippen LogP contribution in [0.3, 0.4) is 0 Å². The molecular weight excluding hydrogens is 1850 g/mol. The fraction of sp³-hybridized carbons (Fsp3) is 0.444. The normalized spacial score (nSPS) is 15.4. The van der Waals surface area contributed by atoms with Gasteiger partial charge in [-0.25, -0.2) is 29.0 Å². The van der Waals surface area contributed by atoms with E-state index >= 15 is 18.4 Å². The van der Waals surface area contributed by atoms with Crippen molar-refractivity contribution in [3.63, 3.8) is 0 Å². The van der Waals surface area contributed by atoms with Crippen molar-refractivity contribution in [1.82, 2.24) is 17.9 Å². The highest BCUT2D eigenvalue weighted by atomic mass is 35.5. The van der Waals surface area contributed by atoms with E-state index in [1.165, 1.54) is 139 Å². The molecule has 0 bridgehead atoms. The molecule has 4 unspecified atom stereocenters. The zero-order valence-electron chi connectivity index (χ0n) is 76.2. The van der Waals surface area contributed by atoms with Crippen molar-refractivity contribution >= 4 is 255 Å². The maximum absolute atomic E-state index is 15.8. The van der Waals surface area contributed by atoms with Crippen molar-refractivity contribution in [1.29, 1.82) is 10.5 Å². The first-order chi connectivity index (χ1) is 63.8. The van der Waals surface area contributed by atoms with Crippen LogP contribution in [-0.4, -0.2) is 29.4 Å². The number of fused-ring (bicyclic) bond motifs is 18. The molecule has 0 spiro atoms. The van der Waals surface area contributed by atoms with Gasteiger partial charge in [0, 0.05) is 97.7 Å². The lowest BCUT2D eigenvalue weighted by molar-refractivity contribution is 0.103. The Labute approximate surface area is 817 Å². The third-order valence-electron chi connectivity index (χ3n) is 27.6. The smallest absolute Gasteiger partial charge is 0.270 e. The van der Waals surface area contributed by atoms with Crippen LogP contribution in [0.2, 0.25) is 20.1 Å². The Kier molecular flexibility index (Phi) is 31.8. The summed E-state index contributed by atoms with van der Waals surface area (Å²) < 4.78 is 53.6. The molecule has 2 aliphatic rings. The minimum Gasteiger partial charge on any atom is -0.337 e. The summed E-state index contributed by atoms with van der Waals surface area (Å²) in [5.41, 5.74) is 9.53. The fourth-order valence-corrected chi connectivity index (χ4v) is 30.6. The number of halogens is 6. The average Bonchev–Trinajstić information content (AvgIpc) is 1.50. The molecule has 0 aliphatic heterocycles. The fourth-order valence-electron chi connectivity index (χ4n) is 20.5. The minimum atomic E-state index is -0.622. The van der Waals surface area contributed by atoms with Crippen molar-refractivity contribution in [2.75, 3.05) is 0 Å². The van der Waals surface area contributed by atoms with Gasteiger partial charge in [-0.3, -0.25) is 9.59 Å². The Balaban J connectivity index is 0.978. The summed E-state index contributed by atoms with van der Waals surface area (Å²) >= 11 is 39.9.